The molecule has 1 nitrogen and oxygen atoms in total. The average Bonchev–Trinajstić information content (AvgIpc) is 2.68. The third-order valence-electron chi connectivity index (χ3n) is 4.40. The van der Waals surface area contributed by atoms with Crippen molar-refractivity contribution in [3.63, 3.8) is 0 Å². The van der Waals surface area contributed by atoms with E-state index in [-0.39, 0.29) is 0 Å². The van der Waals surface area contributed by atoms with Crippen molar-refractivity contribution in [2.45, 2.75) is 45.3 Å². The van der Waals surface area contributed by atoms with Gasteiger partial charge in [0.25, 0.3) is 0 Å². The highest BCUT2D eigenvalue weighted by atomic mass is 16.5. The van der Waals surface area contributed by atoms with Crippen molar-refractivity contribution in [3.05, 3.63) is 12.2 Å². The lowest BCUT2D eigenvalue weighted by atomic mass is 9.80. The fraction of sp³-hybridized carbons (Fsp3) is 0.846. The van der Waals surface area contributed by atoms with Gasteiger partial charge in [-0.2, -0.15) is 0 Å². The summed E-state index contributed by atoms with van der Waals surface area (Å²) in [4.78, 5) is 0. The molecule has 0 aromatic rings. The van der Waals surface area contributed by atoms with Gasteiger partial charge < -0.3 is 4.74 Å². The summed E-state index contributed by atoms with van der Waals surface area (Å²) >= 11 is 0. The van der Waals surface area contributed by atoms with E-state index in [1.807, 2.05) is 0 Å². The second-order valence-electron chi connectivity index (χ2n) is 5.52. The van der Waals surface area contributed by atoms with Crippen LogP contribution in [0.25, 0.3) is 0 Å². The number of rotatable bonds is 2. The van der Waals surface area contributed by atoms with Crippen molar-refractivity contribution in [3.8, 4) is 0 Å². The lowest BCUT2D eigenvalue weighted by Gasteiger charge is -2.32. The Morgan fingerprint density at radius 3 is 2.86 bits per heavy atom. The highest BCUT2D eigenvalue weighted by molar-refractivity contribution is 5.14. The largest absolute Gasteiger partial charge is 0.375 e. The first-order chi connectivity index (χ1) is 6.75. The molecule has 0 aliphatic heterocycles. The number of ether oxygens (including phenoxy) is 1. The second kappa shape index (κ2) is 3.10. The summed E-state index contributed by atoms with van der Waals surface area (Å²) in [6.07, 6.45) is 9.97. The summed E-state index contributed by atoms with van der Waals surface area (Å²) in [5.74, 6) is 3.69. The summed E-state index contributed by atoms with van der Waals surface area (Å²) in [5, 5.41) is 0. The predicted molar refractivity (Wildman–Crippen MR) is 57.0 cm³/mol. The van der Waals surface area contributed by atoms with Gasteiger partial charge in [0.05, 0.1) is 12.2 Å². The SMILES string of the molecule is CC(C)OC1CC2CC1C1C=CCC21. The van der Waals surface area contributed by atoms with Gasteiger partial charge in [-0.25, -0.2) is 0 Å². The molecule has 0 aromatic carbocycles. The van der Waals surface area contributed by atoms with Crippen LogP contribution >= 0.6 is 0 Å². The summed E-state index contributed by atoms with van der Waals surface area (Å²) in [6.45, 7) is 4.32. The molecule has 1 heteroatoms. The Labute approximate surface area is 86.5 Å². The van der Waals surface area contributed by atoms with Crippen LogP contribution in [0.3, 0.4) is 0 Å². The molecule has 0 saturated heterocycles. The Bertz CT molecular complexity index is 256. The molecule has 5 atom stereocenters. The molecule has 2 bridgehead atoms. The molecule has 2 saturated carbocycles. The van der Waals surface area contributed by atoms with Crippen LogP contribution in [0, 0.1) is 23.7 Å². The lowest BCUT2D eigenvalue weighted by Crippen LogP contribution is -2.32. The molecule has 2 fully saturated rings. The molecule has 3 aliphatic carbocycles. The molecule has 0 spiro atoms. The maximum absolute atomic E-state index is 6.02. The maximum atomic E-state index is 6.02. The minimum Gasteiger partial charge on any atom is -0.375 e. The van der Waals surface area contributed by atoms with Gasteiger partial charge in [0, 0.05) is 0 Å². The van der Waals surface area contributed by atoms with E-state index in [2.05, 4.69) is 26.0 Å². The Kier molecular flexibility index (Phi) is 1.98. The van der Waals surface area contributed by atoms with Gasteiger partial charge in [-0.1, -0.05) is 12.2 Å². The van der Waals surface area contributed by atoms with Crippen molar-refractivity contribution in [1.29, 1.82) is 0 Å². The summed E-state index contributed by atoms with van der Waals surface area (Å²) < 4.78 is 6.02. The third-order valence-corrected chi connectivity index (χ3v) is 4.40. The van der Waals surface area contributed by atoms with Crippen LogP contribution in [0.2, 0.25) is 0 Å². The lowest BCUT2D eigenvalue weighted by molar-refractivity contribution is -0.0384. The first-order valence-electron chi connectivity index (χ1n) is 6.08. The molecule has 0 radical (unpaired) electrons. The van der Waals surface area contributed by atoms with Gasteiger partial charge in [0.1, 0.15) is 0 Å². The van der Waals surface area contributed by atoms with Crippen LogP contribution in [0.4, 0.5) is 0 Å². The molecule has 78 valence electrons. The van der Waals surface area contributed by atoms with E-state index in [9.17, 15) is 0 Å². The monoisotopic (exact) mass is 192 g/mol. The van der Waals surface area contributed by atoms with E-state index in [0.717, 1.165) is 23.7 Å². The molecule has 0 amide bonds. The zero-order valence-corrected chi connectivity index (χ0v) is 9.15. The van der Waals surface area contributed by atoms with E-state index < -0.39 is 0 Å². The van der Waals surface area contributed by atoms with Crippen LogP contribution < -0.4 is 0 Å². The van der Waals surface area contributed by atoms with E-state index in [0.29, 0.717) is 12.2 Å². The van der Waals surface area contributed by atoms with Gasteiger partial charge >= 0.3 is 0 Å². The average molecular weight is 192 g/mol. The van der Waals surface area contributed by atoms with Crippen molar-refractivity contribution in [2.24, 2.45) is 23.7 Å². The quantitative estimate of drug-likeness (QED) is 0.611. The molecular formula is C13H20O. The fourth-order valence-electron chi connectivity index (χ4n) is 3.99. The first-order valence-corrected chi connectivity index (χ1v) is 6.08. The Balaban J connectivity index is 1.73. The zero-order valence-electron chi connectivity index (χ0n) is 9.15. The summed E-state index contributed by atoms with van der Waals surface area (Å²) in [7, 11) is 0. The molecule has 3 aliphatic rings. The van der Waals surface area contributed by atoms with Crippen molar-refractivity contribution in [1.82, 2.24) is 0 Å². The number of allylic oxidation sites excluding steroid dienone is 2. The van der Waals surface area contributed by atoms with Crippen molar-refractivity contribution >= 4 is 0 Å². The molecular weight excluding hydrogens is 172 g/mol. The standard InChI is InChI=1S/C13H20O/c1-8(2)14-13-7-9-6-12(13)11-5-3-4-10(9)11/h3,5,8-13H,4,6-7H2,1-2H3. The van der Waals surface area contributed by atoms with E-state index in [1.165, 1.54) is 19.3 Å². The second-order valence-corrected chi connectivity index (χ2v) is 5.52. The Morgan fingerprint density at radius 2 is 2.07 bits per heavy atom. The van der Waals surface area contributed by atoms with Crippen LogP contribution in [0.1, 0.15) is 33.1 Å². The number of hydrogen-bond acceptors (Lipinski definition) is 1. The normalized spacial score (nSPS) is 49.2. The van der Waals surface area contributed by atoms with Gasteiger partial charge in [0.2, 0.25) is 0 Å². The summed E-state index contributed by atoms with van der Waals surface area (Å²) in [5.41, 5.74) is 0. The van der Waals surface area contributed by atoms with E-state index in [4.69, 9.17) is 4.74 Å². The van der Waals surface area contributed by atoms with Crippen molar-refractivity contribution < 1.29 is 4.74 Å². The van der Waals surface area contributed by atoms with Crippen molar-refractivity contribution in [2.75, 3.05) is 0 Å². The molecule has 5 unspecified atom stereocenters. The highest BCUT2D eigenvalue weighted by Crippen LogP contribution is 2.57. The van der Waals surface area contributed by atoms with E-state index >= 15 is 0 Å². The van der Waals surface area contributed by atoms with Gasteiger partial charge in [-0.3, -0.25) is 0 Å². The molecule has 14 heavy (non-hydrogen) atoms. The molecule has 3 rings (SSSR count). The minimum atomic E-state index is 0.406. The molecule has 0 aromatic heterocycles. The number of hydrogen-bond donors (Lipinski definition) is 0. The highest BCUT2D eigenvalue weighted by Gasteiger charge is 2.52. The van der Waals surface area contributed by atoms with Gasteiger partial charge in [-0.05, 0) is 56.8 Å². The fourth-order valence-corrected chi connectivity index (χ4v) is 3.99. The topological polar surface area (TPSA) is 9.23 Å². The van der Waals surface area contributed by atoms with Crippen LogP contribution in [0.15, 0.2) is 12.2 Å². The third kappa shape index (κ3) is 1.18. The minimum absolute atomic E-state index is 0.406. The smallest absolute Gasteiger partial charge is 0.0615 e. The first kappa shape index (κ1) is 8.96. The predicted octanol–water partition coefficient (Wildman–Crippen LogP) is 3.01. The van der Waals surface area contributed by atoms with E-state index in [1.54, 1.807) is 0 Å². The Morgan fingerprint density at radius 1 is 1.21 bits per heavy atom. The molecule has 0 heterocycles. The number of fused-ring (bicyclic) bond motifs is 5. The van der Waals surface area contributed by atoms with Crippen LogP contribution in [-0.4, -0.2) is 12.2 Å². The van der Waals surface area contributed by atoms with Gasteiger partial charge in [0.15, 0.2) is 0 Å². The molecule has 0 N–H and O–H groups in total. The maximum Gasteiger partial charge on any atom is 0.0615 e. The Hall–Kier alpha value is -0.300. The van der Waals surface area contributed by atoms with Crippen LogP contribution in [0.5, 0.6) is 0 Å². The zero-order chi connectivity index (χ0) is 9.71. The summed E-state index contributed by atoms with van der Waals surface area (Å²) in [6, 6.07) is 0. The van der Waals surface area contributed by atoms with Gasteiger partial charge in [-0.15, -0.1) is 0 Å². The van der Waals surface area contributed by atoms with Crippen LogP contribution in [-0.2, 0) is 4.74 Å².